The fourth-order valence-corrected chi connectivity index (χ4v) is 6.43. The Morgan fingerprint density at radius 1 is 1.13 bits per heavy atom. The average Bonchev–Trinajstić information content (AvgIpc) is 3.64. The number of aromatic nitrogens is 1. The molecular formula is C32H42N6O. The van der Waals surface area contributed by atoms with Gasteiger partial charge in [0.25, 0.3) is 0 Å². The fraction of sp³-hybridized carbons (Fsp3) is 0.531. The smallest absolute Gasteiger partial charge is 0.227 e. The van der Waals surface area contributed by atoms with Gasteiger partial charge in [-0.3, -0.25) is 4.79 Å². The molecular weight excluding hydrogens is 484 g/mol. The number of carbonyl (C=O) groups is 1. The van der Waals surface area contributed by atoms with E-state index in [0.29, 0.717) is 24.9 Å². The lowest BCUT2D eigenvalue weighted by Crippen LogP contribution is -2.53. The number of nitriles is 1. The number of hydrogen-bond acceptors (Lipinski definition) is 5. The summed E-state index contributed by atoms with van der Waals surface area (Å²) in [6, 6.07) is 14.2. The number of nitrogens with zero attached hydrogens (tertiary/aromatic N) is 6. The molecule has 2 saturated heterocycles. The van der Waals surface area contributed by atoms with Crippen LogP contribution in [-0.4, -0.2) is 76.8 Å². The SMILES string of the molecule is C=Nn1cc(-c2ccc(C3CCN(C(C)C)CC3)cc2)cc1/C(=C\C)N1CCN(C(=O)[C@H]2C[C@@H]2C#N)[C@H](C)C1. The molecule has 0 N–H and O–H groups in total. The normalized spacial score (nSPS) is 24.6. The van der Waals surface area contributed by atoms with Gasteiger partial charge in [-0.15, -0.1) is 0 Å². The molecule has 2 aliphatic heterocycles. The third kappa shape index (κ3) is 5.53. The van der Waals surface area contributed by atoms with Gasteiger partial charge in [-0.05, 0) is 83.2 Å². The highest BCUT2D eigenvalue weighted by Crippen LogP contribution is 2.40. The molecule has 5 rings (SSSR count). The van der Waals surface area contributed by atoms with E-state index < -0.39 is 0 Å². The minimum absolute atomic E-state index is 0.0839. The van der Waals surface area contributed by atoms with Crippen molar-refractivity contribution in [3.8, 4) is 17.2 Å². The highest BCUT2D eigenvalue weighted by molar-refractivity contribution is 5.83. The largest absolute Gasteiger partial charge is 0.366 e. The predicted molar refractivity (Wildman–Crippen MR) is 157 cm³/mol. The van der Waals surface area contributed by atoms with Crippen molar-refractivity contribution in [1.82, 2.24) is 19.4 Å². The third-order valence-corrected chi connectivity index (χ3v) is 8.99. The highest BCUT2D eigenvalue weighted by atomic mass is 16.2. The average molecular weight is 527 g/mol. The zero-order valence-electron chi connectivity index (χ0n) is 23.9. The molecule has 1 aromatic heterocycles. The molecule has 7 heteroatoms. The summed E-state index contributed by atoms with van der Waals surface area (Å²) in [5, 5.41) is 13.4. The number of piperazine rings is 1. The van der Waals surface area contributed by atoms with Crippen molar-refractivity contribution < 1.29 is 4.79 Å². The number of amides is 1. The Kier molecular flexibility index (Phi) is 7.95. The highest BCUT2D eigenvalue weighted by Gasteiger charge is 2.46. The molecule has 0 radical (unpaired) electrons. The van der Waals surface area contributed by atoms with Crippen LogP contribution in [0.4, 0.5) is 0 Å². The van der Waals surface area contributed by atoms with Crippen LogP contribution in [0.2, 0.25) is 0 Å². The minimum Gasteiger partial charge on any atom is -0.366 e. The van der Waals surface area contributed by atoms with Gasteiger partial charge in [-0.1, -0.05) is 30.3 Å². The minimum atomic E-state index is -0.103. The first kappa shape index (κ1) is 27.2. The first-order valence-corrected chi connectivity index (χ1v) is 14.5. The molecule has 1 amide bonds. The molecule has 1 aliphatic carbocycles. The molecule has 2 aromatic rings. The lowest BCUT2D eigenvalue weighted by molar-refractivity contribution is -0.136. The van der Waals surface area contributed by atoms with Gasteiger partial charge in [0.05, 0.1) is 29.3 Å². The van der Waals surface area contributed by atoms with Gasteiger partial charge in [0.2, 0.25) is 5.91 Å². The van der Waals surface area contributed by atoms with Crippen LogP contribution >= 0.6 is 0 Å². The zero-order chi connectivity index (χ0) is 27.7. The number of piperidine rings is 1. The number of rotatable bonds is 7. The van der Waals surface area contributed by atoms with E-state index in [0.717, 1.165) is 30.0 Å². The first-order chi connectivity index (χ1) is 18.8. The van der Waals surface area contributed by atoms with Crippen molar-refractivity contribution in [2.45, 2.75) is 65.0 Å². The molecule has 0 spiro atoms. The van der Waals surface area contributed by atoms with Gasteiger partial charge >= 0.3 is 0 Å². The van der Waals surface area contributed by atoms with Crippen molar-refractivity contribution in [1.29, 1.82) is 5.26 Å². The predicted octanol–water partition coefficient (Wildman–Crippen LogP) is 5.26. The molecule has 206 valence electrons. The topological polar surface area (TPSA) is 67.9 Å². The van der Waals surface area contributed by atoms with E-state index in [1.54, 1.807) is 0 Å². The standard InChI is InChI=1S/C32H42N6O/c1-6-30(36-15-16-37(23(4)20-36)32(39)29-17-27(29)19-33)31-18-28(21-38(31)34-5)25-9-7-24(8-10-25)26-11-13-35(14-12-26)22(2)3/h6-10,18,21-23,26-27,29H,5,11-17,20H2,1-4H3/b30-6+/t23-,27-,29+/m1/s1. The lowest BCUT2D eigenvalue weighted by atomic mass is 9.88. The van der Waals surface area contributed by atoms with Crippen molar-refractivity contribution in [2.24, 2.45) is 16.9 Å². The molecule has 0 unspecified atom stereocenters. The van der Waals surface area contributed by atoms with Gasteiger partial charge in [-0.2, -0.15) is 10.4 Å². The van der Waals surface area contributed by atoms with Crippen molar-refractivity contribution in [3.63, 3.8) is 0 Å². The van der Waals surface area contributed by atoms with Crippen LogP contribution in [0.25, 0.3) is 16.8 Å². The van der Waals surface area contributed by atoms with Gasteiger partial charge in [0.1, 0.15) is 0 Å². The third-order valence-electron chi connectivity index (χ3n) is 8.99. The molecule has 3 fully saturated rings. The fourth-order valence-electron chi connectivity index (χ4n) is 6.43. The van der Waals surface area contributed by atoms with E-state index >= 15 is 0 Å². The van der Waals surface area contributed by atoms with Crippen LogP contribution in [0, 0.1) is 23.2 Å². The number of hydrogen-bond donors (Lipinski definition) is 0. The molecule has 1 aromatic carbocycles. The van der Waals surface area contributed by atoms with Crippen LogP contribution in [0.5, 0.6) is 0 Å². The van der Waals surface area contributed by atoms with Gasteiger partial charge in [0, 0.05) is 50.2 Å². The van der Waals surface area contributed by atoms with Crippen molar-refractivity contribution in [2.75, 3.05) is 32.7 Å². The van der Waals surface area contributed by atoms with E-state index in [9.17, 15) is 4.79 Å². The summed E-state index contributed by atoms with van der Waals surface area (Å²) in [5.74, 6) is 0.579. The Morgan fingerprint density at radius 2 is 1.85 bits per heavy atom. The Morgan fingerprint density at radius 3 is 2.41 bits per heavy atom. The Balaban J connectivity index is 1.28. The maximum absolute atomic E-state index is 12.9. The van der Waals surface area contributed by atoms with E-state index in [4.69, 9.17) is 5.26 Å². The quantitative estimate of drug-likeness (QED) is 0.462. The number of carbonyl (C=O) groups excluding carboxylic acids is 1. The second-order valence-electron chi connectivity index (χ2n) is 11.7. The van der Waals surface area contributed by atoms with E-state index in [-0.39, 0.29) is 23.8 Å². The Hall–Kier alpha value is -3.37. The maximum atomic E-state index is 12.9. The van der Waals surface area contributed by atoms with Crippen LogP contribution in [-0.2, 0) is 4.79 Å². The molecule has 3 atom stereocenters. The second-order valence-corrected chi connectivity index (χ2v) is 11.7. The second kappa shape index (κ2) is 11.4. The summed E-state index contributed by atoms with van der Waals surface area (Å²) in [4.78, 5) is 19.8. The zero-order valence-corrected chi connectivity index (χ0v) is 23.9. The number of allylic oxidation sites excluding steroid dienone is 1. The maximum Gasteiger partial charge on any atom is 0.227 e. The van der Waals surface area contributed by atoms with E-state index in [1.807, 2.05) is 9.58 Å². The Labute approximate surface area is 233 Å². The number of benzene rings is 1. The molecule has 3 aliphatic rings. The molecule has 0 bridgehead atoms. The monoisotopic (exact) mass is 526 g/mol. The van der Waals surface area contributed by atoms with Crippen molar-refractivity contribution in [3.05, 3.63) is 53.9 Å². The molecule has 1 saturated carbocycles. The van der Waals surface area contributed by atoms with Gasteiger partial charge in [0.15, 0.2) is 0 Å². The van der Waals surface area contributed by atoms with Crippen LogP contribution in [0.15, 0.2) is 47.7 Å². The lowest BCUT2D eigenvalue weighted by Gasteiger charge is -2.42. The Bertz CT molecular complexity index is 1260. The van der Waals surface area contributed by atoms with Crippen LogP contribution in [0.1, 0.15) is 64.1 Å². The first-order valence-electron chi connectivity index (χ1n) is 14.5. The molecule has 3 heterocycles. The van der Waals surface area contributed by atoms with Gasteiger partial charge in [-0.25, -0.2) is 4.68 Å². The van der Waals surface area contributed by atoms with Crippen LogP contribution in [0.3, 0.4) is 0 Å². The summed E-state index contributed by atoms with van der Waals surface area (Å²) in [5.41, 5.74) is 5.84. The van der Waals surface area contributed by atoms with Crippen LogP contribution < -0.4 is 0 Å². The summed E-state index contributed by atoms with van der Waals surface area (Å²) in [7, 11) is 0. The van der Waals surface area contributed by atoms with Gasteiger partial charge < -0.3 is 14.7 Å². The number of likely N-dealkylation sites (tertiary alicyclic amines) is 1. The summed E-state index contributed by atoms with van der Waals surface area (Å²) < 4.78 is 1.87. The van der Waals surface area contributed by atoms with Crippen molar-refractivity contribution >= 4 is 18.3 Å². The van der Waals surface area contributed by atoms with E-state index in [1.165, 1.54) is 37.1 Å². The summed E-state index contributed by atoms with van der Waals surface area (Å²) >= 11 is 0. The molecule has 7 nitrogen and oxygen atoms in total. The molecule has 39 heavy (non-hydrogen) atoms. The van der Waals surface area contributed by atoms with E-state index in [2.05, 4.69) is 98.0 Å². The summed E-state index contributed by atoms with van der Waals surface area (Å²) in [6.07, 6.45) is 7.34. The summed E-state index contributed by atoms with van der Waals surface area (Å²) in [6.45, 7) is 17.1.